The summed E-state index contributed by atoms with van der Waals surface area (Å²) in [5.41, 5.74) is 0.836. The highest BCUT2D eigenvalue weighted by Crippen LogP contribution is 2.35. The van der Waals surface area contributed by atoms with Crippen LogP contribution < -0.4 is 0 Å². The molecule has 0 aliphatic heterocycles. The third-order valence-electron chi connectivity index (χ3n) is 4.49. The quantitative estimate of drug-likeness (QED) is 0.561. The van der Waals surface area contributed by atoms with Gasteiger partial charge in [-0.3, -0.25) is 0 Å². The van der Waals surface area contributed by atoms with Gasteiger partial charge in [-0.2, -0.15) is 0 Å². The number of carbonyl (C=O) groups is 1. The zero-order valence-corrected chi connectivity index (χ0v) is 12.4. The molecular weight excluding hydrogens is 236 g/mol. The van der Waals surface area contributed by atoms with Crippen molar-refractivity contribution in [2.45, 2.75) is 59.0 Å². The fourth-order valence-corrected chi connectivity index (χ4v) is 3.23. The molecule has 0 radical (unpaired) electrons. The predicted molar refractivity (Wildman–Crippen MR) is 77.7 cm³/mol. The van der Waals surface area contributed by atoms with Crippen LogP contribution in [-0.2, 0) is 9.53 Å². The van der Waals surface area contributed by atoms with Crippen molar-refractivity contribution in [3.05, 3.63) is 23.8 Å². The van der Waals surface area contributed by atoms with Gasteiger partial charge in [0.05, 0.1) is 0 Å². The molecule has 19 heavy (non-hydrogen) atoms. The average Bonchev–Trinajstić information content (AvgIpc) is 2.39. The number of rotatable bonds is 3. The summed E-state index contributed by atoms with van der Waals surface area (Å²) in [6, 6.07) is 0. The minimum absolute atomic E-state index is 0.0888. The smallest absolute Gasteiger partial charge is 0.334 e. The molecule has 0 aromatic rings. The van der Waals surface area contributed by atoms with Crippen LogP contribution in [0.15, 0.2) is 23.8 Å². The summed E-state index contributed by atoms with van der Waals surface area (Å²) in [6.07, 6.45) is 11.3. The van der Waals surface area contributed by atoms with E-state index in [2.05, 4.69) is 32.9 Å². The van der Waals surface area contributed by atoms with Crippen molar-refractivity contribution in [1.29, 1.82) is 0 Å². The molecule has 0 aromatic heterocycles. The van der Waals surface area contributed by atoms with Gasteiger partial charge in [0.2, 0.25) is 0 Å². The van der Waals surface area contributed by atoms with Crippen molar-refractivity contribution in [2.75, 3.05) is 0 Å². The maximum Gasteiger partial charge on any atom is 0.334 e. The summed E-state index contributed by atoms with van der Waals surface area (Å²) in [5, 5.41) is 0. The molecule has 2 rings (SSSR count). The topological polar surface area (TPSA) is 26.3 Å². The molecule has 1 fully saturated rings. The third-order valence-corrected chi connectivity index (χ3v) is 4.49. The lowest BCUT2D eigenvalue weighted by atomic mass is 9.75. The van der Waals surface area contributed by atoms with Gasteiger partial charge in [0.1, 0.15) is 6.10 Å². The summed E-state index contributed by atoms with van der Waals surface area (Å²) in [5.74, 6) is 1.70. The zero-order chi connectivity index (χ0) is 13.8. The van der Waals surface area contributed by atoms with Crippen LogP contribution >= 0.6 is 0 Å². The van der Waals surface area contributed by atoms with E-state index in [1.807, 2.05) is 6.08 Å². The van der Waals surface area contributed by atoms with E-state index in [-0.39, 0.29) is 12.1 Å². The highest BCUT2D eigenvalue weighted by Gasteiger charge is 2.33. The van der Waals surface area contributed by atoms with E-state index in [0.29, 0.717) is 17.8 Å². The molecule has 2 aliphatic carbocycles. The number of hydrogen-bond acceptors (Lipinski definition) is 2. The van der Waals surface area contributed by atoms with Crippen molar-refractivity contribution < 1.29 is 9.53 Å². The van der Waals surface area contributed by atoms with Gasteiger partial charge in [-0.15, -0.1) is 0 Å². The largest absolute Gasteiger partial charge is 0.459 e. The minimum atomic E-state index is -0.0888. The first kappa shape index (κ1) is 14.4. The van der Waals surface area contributed by atoms with E-state index in [0.717, 1.165) is 24.8 Å². The third kappa shape index (κ3) is 3.71. The van der Waals surface area contributed by atoms with Gasteiger partial charge >= 0.3 is 5.97 Å². The molecular formula is C17H26O2. The zero-order valence-electron chi connectivity index (χ0n) is 12.4. The highest BCUT2D eigenvalue weighted by molar-refractivity contribution is 5.89. The molecule has 0 saturated heterocycles. The van der Waals surface area contributed by atoms with E-state index in [1.165, 1.54) is 12.8 Å². The van der Waals surface area contributed by atoms with Crippen molar-refractivity contribution in [2.24, 2.45) is 17.8 Å². The molecule has 2 heteroatoms. The molecule has 3 unspecified atom stereocenters. The lowest BCUT2D eigenvalue weighted by Gasteiger charge is -2.36. The monoisotopic (exact) mass is 262 g/mol. The van der Waals surface area contributed by atoms with Crippen molar-refractivity contribution in [1.82, 2.24) is 0 Å². The lowest BCUT2D eigenvalue weighted by Crippen LogP contribution is -2.36. The van der Waals surface area contributed by atoms with Crippen molar-refractivity contribution in [3.63, 3.8) is 0 Å². The van der Waals surface area contributed by atoms with E-state index in [9.17, 15) is 4.79 Å². The average molecular weight is 262 g/mol. The Bertz CT molecular complexity index is 379. The normalized spacial score (nSPS) is 31.2. The summed E-state index contributed by atoms with van der Waals surface area (Å²) < 4.78 is 5.83. The minimum Gasteiger partial charge on any atom is -0.459 e. The molecule has 1 saturated carbocycles. The molecule has 0 N–H and O–H groups in total. The Morgan fingerprint density at radius 2 is 2.11 bits per heavy atom. The number of esters is 1. The summed E-state index contributed by atoms with van der Waals surface area (Å²) in [7, 11) is 0. The Balaban J connectivity index is 1.98. The van der Waals surface area contributed by atoms with Gasteiger partial charge in [-0.25, -0.2) is 4.79 Å². The number of carbonyl (C=O) groups excluding carboxylic acids is 1. The SMILES string of the molecule is CC1CCC(C(C)C)C(OC(=O)C2=CCC=CC2)C1. The van der Waals surface area contributed by atoms with Crippen LogP contribution in [0.1, 0.15) is 52.9 Å². The maximum atomic E-state index is 12.2. The van der Waals surface area contributed by atoms with Crippen LogP contribution in [0.5, 0.6) is 0 Å². The summed E-state index contributed by atoms with van der Waals surface area (Å²) in [4.78, 5) is 12.2. The molecule has 2 nitrogen and oxygen atoms in total. The Kier molecular flexibility index (Phi) is 4.84. The second kappa shape index (κ2) is 6.40. The molecule has 2 aliphatic rings. The molecule has 106 valence electrons. The fourth-order valence-electron chi connectivity index (χ4n) is 3.23. The Hall–Kier alpha value is -1.05. The van der Waals surface area contributed by atoms with Crippen molar-refractivity contribution >= 4 is 5.97 Å². The predicted octanol–water partition coefficient (Wildman–Crippen LogP) is 4.27. The van der Waals surface area contributed by atoms with Crippen LogP contribution in [0.3, 0.4) is 0 Å². The first-order valence-electron chi connectivity index (χ1n) is 7.63. The van der Waals surface area contributed by atoms with Crippen LogP contribution in [-0.4, -0.2) is 12.1 Å². The molecule has 0 spiro atoms. The first-order chi connectivity index (χ1) is 9.08. The van der Waals surface area contributed by atoms with Crippen LogP contribution in [0, 0.1) is 17.8 Å². The number of hydrogen-bond donors (Lipinski definition) is 0. The van der Waals surface area contributed by atoms with E-state index >= 15 is 0 Å². The van der Waals surface area contributed by atoms with Gasteiger partial charge in [0.25, 0.3) is 0 Å². The standard InChI is InChI=1S/C17H26O2/c1-12(2)15-10-9-13(3)11-16(15)19-17(18)14-7-5-4-6-8-14/h4-5,8,12-13,15-16H,6-7,9-11H2,1-3H3. The van der Waals surface area contributed by atoms with E-state index in [4.69, 9.17) is 4.74 Å². The molecule has 0 bridgehead atoms. The number of allylic oxidation sites excluding steroid dienone is 3. The second-order valence-electron chi connectivity index (χ2n) is 6.41. The van der Waals surface area contributed by atoms with Crippen LogP contribution in [0.2, 0.25) is 0 Å². The van der Waals surface area contributed by atoms with Crippen LogP contribution in [0.4, 0.5) is 0 Å². The van der Waals surface area contributed by atoms with E-state index in [1.54, 1.807) is 0 Å². The Labute approximate surface area is 116 Å². The molecule has 0 amide bonds. The summed E-state index contributed by atoms with van der Waals surface area (Å²) >= 11 is 0. The van der Waals surface area contributed by atoms with E-state index < -0.39 is 0 Å². The maximum absolute atomic E-state index is 12.2. The Morgan fingerprint density at radius 1 is 1.32 bits per heavy atom. The second-order valence-corrected chi connectivity index (χ2v) is 6.41. The van der Waals surface area contributed by atoms with Gasteiger partial charge in [-0.05, 0) is 43.4 Å². The fraction of sp³-hybridized carbons (Fsp3) is 0.706. The van der Waals surface area contributed by atoms with Gasteiger partial charge in [0.15, 0.2) is 0 Å². The highest BCUT2D eigenvalue weighted by atomic mass is 16.5. The van der Waals surface area contributed by atoms with Crippen LogP contribution in [0.25, 0.3) is 0 Å². The Morgan fingerprint density at radius 3 is 2.74 bits per heavy atom. The lowest BCUT2D eigenvalue weighted by molar-refractivity contribution is -0.151. The van der Waals surface area contributed by atoms with Crippen molar-refractivity contribution in [3.8, 4) is 0 Å². The molecule has 0 aromatic carbocycles. The van der Waals surface area contributed by atoms with Gasteiger partial charge in [0, 0.05) is 5.57 Å². The van der Waals surface area contributed by atoms with Gasteiger partial charge in [-0.1, -0.05) is 45.4 Å². The first-order valence-corrected chi connectivity index (χ1v) is 7.63. The number of ether oxygens (including phenoxy) is 1. The van der Waals surface area contributed by atoms with Gasteiger partial charge < -0.3 is 4.74 Å². The molecule has 3 atom stereocenters. The summed E-state index contributed by atoms with van der Waals surface area (Å²) in [6.45, 7) is 6.74. The molecule has 0 heterocycles.